The first-order chi connectivity index (χ1) is 8.41. The third-order valence-electron chi connectivity index (χ3n) is 2.55. The van der Waals surface area contributed by atoms with Gasteiger partial charge in [0.05, 0.1) is 16.6 Å². The molecule has 1 atom stereocenters. The topological polar surface area (TPSA) is 89.7 Å². The van der Waals surface area contributed by atoms with Gasteiger partial charge in [-0.25, -0.2) is 0 Å². The minimum Gasteiger partial charge on any atom is -0.490 e. The Labute approximate surface area is 104 Å². The van der Waals surface area contributed by atoms with Gasteiger partial charge in [0.2, 0.25) is 0 Å². The molecule has 0 fully saturated rings. The average molecular weight is 253 g/mol. The number of carbonyl (C=O) groups is 1. The van der Waals surface area contributed by atoms with Crippen molar-refractivity contribution >= 4 is 11.7 Å². The Morgan fingerprint density at radius 2 is 2.22 bits per heavy atom. The molecule has 0 aromatic heterocycles. The summed E-state index contributed by atoms with van der Waals surface area (Å²) in [6, 6.07) is 4.59. The maximum atomic E-state index is 10.7. The second-order valence-electron chi connectivity index (χ2n) is 4.02. The van der Waals surface area contributed by atoms with Crippen LogP contribution >= 0.6 is 0 Å². The van der Waals surface area contributed by atoms with Crippen LogP contribution in [0.5, 0.6) is 5.75 Å². The number of aliphatic carboxylic acids is 1. The van der Waals surface area contributed by atoms with Crippen molar-refractivity contribution in [1.29, 1.82) is 0 Å². The van der Waals surface area contributed by atoms with Crippen LogP contribution in [-0.2, 0) is 4.79 Å². The summed E-state index contributed by atoms with van der Waals surface area (Å²) in [5.41, 5.74) is 0.447. The second-order valence-corrected chi connectivity index (χ2v) is 4.02. The number of hydrogen-bond acceptors (Lipinski definition) is 4. The van der Waals surface area contributed by atoms with E-state index < -0.39 is 10.9 Å². The van der Waals surface area contributed by atoms with Crippen molar-refractivity contribution in [3.05, 3.63) is 33.9 Å². The second kappa shape index (κ2) is 6.00. The highest BCUT2D eigenvalue weighted by atomic mass is 16.6. The molecule has 18 heavy (non-hydrogen) atoms. The van der Waals surface area contributed by atoms with Crippen LogP contribution in [0.3, 0.4) is 0 Å². The number of carboxylic acids is 1. The lowest BCUT2D eigenvalue weighted by atomic mass is 10.1. The van der Waals surface area contributed by atoms with Gasteiger partial charge in [0.15, 0.2) is 0 Å². The number of carboxylic acid groups (broad SMARTS) is 1. The van der Waals surface area contributed by atoms with Gasteiger partial charge in [-0.05, 0) is 26.3 Å². The van der Waals surface area contributed by atoms with E-state index in [0.29, 0.717) is 17.7 Å². The van der Waals surface area contributed by atoms with Crippen LogP contribution in [0, 0.1) is 17.0 Å². The van der Waals surface area contributed by atoms with Gasteiger partial charge in [-0.3, -0.25) is 14.9 Å². The van der Waals surface area contributed by atoms with E-state index >= 15 is 0 Å². The fourth-order valence-corrected chi connectivity index (χ4v) is 1.53. The van der Waals surface area contributed by atoms with Crippen molar-refractivity contribution in [2.45, 2.75) is 32.8 Å². The molecule has 98 valence electrons. The number of hydrogen-bond donors (Lipinski definition) is 1. The van der Waals surface area contributed by atoms with Crippen LogP contribution in [0.1, 0.15) is 25.3 Å². The van der Waals surface area contributed by atoms with Gasteiger partial charge >= 0.3 is 5.97 Å². The molecule has 1 aromatic rings. The molecule has 0 radical (unpaired) electrons. The van der Waals surface area contributed by atoms with Crippen LogP contribution in [-0.4, -0.2) is 22.1 Å². The lowest BCUT2D eigenvalue weighted by Gasteiger charge is -2.15. The van der Waals surface area contributed by atoms with Crippen molar-refractivity contribution in [1.82, 2.24) is 0 Å². The Bertz CT molecular complexity index is 458. The molecule has 0 saturated heterocycles. The molecule has 0 bridgehead atoms. The molecule has 1 rings (SSSR count). The summed E-state index contributed by atoms with van der Waals surface area (Å²) < 4.78 is 5.52. The molecule has 0 saturated carbocycles. The van der Waals surface area contributed by atoms with Gasteiger partial charge in [0, 0.05) is 12.5 Å². The highest BCUT2D eigenvalue weighted by Crippen LogP contribution is 2.28. The standard InChI is InChI=1S/C12H15NO5/c1-8(6-7-12(14)15)18-11-5-3-4-10(9(11)2)13(16)17/h3-5,8H,6-7H2,1-2H3,(H,14,15). The van der Waals surface area contributed by atoms with E-state index in [1.807, 2.05) is 0 Å². The molecule has 0 heterocycles. The van der Waals surface area contributed by atoms with E-state index in [1.165, 1.54) is 6.07 Å². The SMILES string of the molecule is Cc1c(OC(C)CCC(=O)O)cccc1[N+](=O)[O-]. The fraction of sp³-hybridized carbons (Fsp3) is 0.417. The number of nitrogens with zero attached hydrogens (tertiary/aromatic N) is 1. The van der Waals surface area contributed by atoms with Crippen molar-refractivity contribution in [2.75, 3.05) is 0 Å². The Balaban J connectivity index is 2.75. The molecular formula is C12H15NO5. The zero-order valence-corrected chi connectivity index (χ0v) is 10.3. The summed E-state index contributed by atoms with van der Waals surface area (Å²) >= 11 is 0. The summed E-state index contributed by atoms with van der Waals surface area (Å²) in [5.74, 6) is -0.469. The number of nitro groups is 1. The van der Waals surface area contributed by atoms with E-state index in [-0.39, 0.29) is 18.2 Å². The summed E-state index contributed by atoms with van der Waals surface area (Å²) in [6.45, 7) is 3.35. The van der Waals surface area contributed by atoms with Crippen LogP contribution in [0.4, 0.5) is 5.69 Å². The highest BCUT2D eigenvalue weighted by Gasteiger charge is 2.16. The van der Waals surface area contributed by atoms with E-state index in [2.05, 4.69) is 0 Å². The van der Waals surface area contributed by atoms with Crippen molar-refractivity contribution in [3.63, 3.8) is 0 Å². The van der Waals surface area contributed by atoms with E-state index in [0.717, 1.165) is 0 Å². The average Bonchev–Trinajstić information content (AvgIpc) is 2.29. The predicted molar refractivity (Wildman–Crippen MR) is 64.8 cm³/mol. The van der Waals surface area contributed by atoms with E-state index in [9.17, 15) is 14.9 Å². The summed E-state index contributed by atoms with van der Waals surface area (Å²) in [6.07, 6.45) is 0.0638. The van der Waals surface area contributed by atoms with Gasteiger partial charge < -0.3 is 9.84 Å². The highest BCUT2D eigenvalue weighted by molar-refractivity contribution is 5.66. The molecule has 6 nitrogen and oxygen atoms in total. The predicted octanol–water partition coefficient (Wildman–Crippen LogP) is 2.54. The first kappa shape index (κ1) is 14.0. The molecule has 0 aliphatic heterocycles. The van der Waals surface area contributed by atoms with Crippen molar-refractivity contribution < 1.29 is 19.6 Å². The fourth-order valence-electron chi connectivity index (χ4n) is 1.53. The van der Waals surface area contributed by atoms with Crippen LogP contribution in [0.2, 0.25) is 0 Å². The van der Waals surface area contributed by atoms with Crippen LogP contribution in [0.25, 0.3) is 0 Å². The zero-order chi connectivity index (χ0) is 13.7. The van der Waals surface area contributed by atoms with Gasteiger partial charge in [0.25, 0.3) is 5.69 Å². The third kappa shape index (κ3) is 3.73. The first-order valence-corrected chi connectivity index (χ1v) is 5.54. The molecule has 1 unspecified atom stereocenters. The van der Waals surface area contributed by atoms with Gasteiger partial charge in [-0.1, -0.05) is 6.07 Å². The van der Waals surface area contributed by atoms with E-state index in [4.69, 9.17) is 9.84 Å². The minimum absolute atomic E-state index is 0.00191. The Hall–Kier alpha value is -2.11. The molecule has 0 amide bonds. The zero-order valence-electron chi connectivity index (χ0n) is 10.3. The molecule has 6 heteroatoms. The first-order valence-electron chi connectivity index (χ1n) is 5.54. The molecule has 0 aliphatic rings. The monoisotopic (exact) mass is 253 g/mol. The number of ether oxygens (including phenoxy) is 1. The molecule has 1 N–H and O–H groups in total. The minimum atomic E-state index is -0.888. The maximum Gasteiger partial charge on any atom is 0.303 e. The van der Waals surface area contributed by atoms with Crippen LogP contribution < -0.4 is 4.74 Å². The third-order valence-corrected chi connectivity index (χ3v) is 2.55. The lowest BCUT2D eigenvalue weighted by molar-refractivity contribution is -0.385. The molecular weight excluding hydrogens is 238 g/mol. The summed E-state index contributed by atoms with van der Waals surface area (Å²) in [4.78, 5) is 20.7. The molecule has 0 spiro atoms. The number of nitro benzene ring substituents is 1. The van der Waals surface area contributed by atoms with Crippen LogP contribution in [0.15, 0.2) is 18.2 Å². The maximum absolute atomic E-state index is 10.7. The van der Waals surface area contributed by atoms with Gasteiger partial charge in [-0.2, -0.15) is 0 Å². The Kier molecular flexibility index (Phi) is 4.65. The Morgan fingerprint density at radius 1 is 1.56 bits per heavy atom. The van der Waals surface area contributed by atoms with Gasteiger partial charge in [0.1, 0.15) is 5.75 Å². The van der Waals surface area contributed by atoms with Crippen molar-refractivity contribution in [3.8, 4) is 5.75 Å². The van der Waals surface area contributed by atoms with Gasteiger partial charge in [-0.15, -0.1) is 0 Å². The van der Waals surface area contributed by atoms with E-state index in [1.54, 1.807) is 26.0 Å². The number of benzene rings is 1. The quantitative estimate of drug-likeness (QED) is 0.621. The summed E-state index contributed by atoms with van der Waals surface area (Å²) in [7, 11) is 0. The smallest absolute Gasteiger partial charge is 0.303 e. The van der Waals surface area contributed by atoms with Crippen molar-refractivity contribution in [2.24, 2.45) is 0 Å². The Morgan fingerprint density at radius 3 is 2.78 bits per heavy atom. The molecule has 0 aliphatic carbocycles. The normalized spacial score (nSPS) is 11.9. The number of rotatable bonds is 6. The lowest BCUT2D eigenvalue weighted by Crippen LogP contribution is -2.14. The largest absolute Gasteiger partial charge is 0.490 e. The summed E-state index contributed by atoms with van der Waals surface area (Å²) in [5, 5.41) is 19.3. The molecule has 1 aromatic carbocycles.